The van der Waals surface area contributed by atoms with Crippen LogP contribution in [0.1, 0.15) is 33.6 Å². The third-order valence-electron chi connectivity index (χ3n) is 5.85. The molecule has 2 aliphatic rings. The number of nitrogens with zero attached hydrogens (tertiary/aromatic N) is 3. The summed E-state index contributed by atoms with van der Waals surface area (Å²) in [5.74, 6) is -0.470. The first-order chi connectivity index (χ1) is 14.2. The van der Waals surface area contributed by atoms with E-state index in [-0.39, 0.29) is 22.6 Å². The maximum absolute atomic E-state index is 13.0. The molecule has 9 heteroatoms. The highest BCUT2D eigenvalue weighted by Crippen LogP contribution is 2.24. The number of rotatable bonds is 6. The smallest absolute Gasteiger partial charge is 0.247 e. The third-order valence-corrected chi connectivity index (χ3v) is 7.74. The van der Waals surface area contributed by atoms with Crippen molar-refractivity contribution in [3.05, 3.63) is 24.3 Å². The number of likely N-dealkylation sites (tertiary alicyclic amines) is 1. The summed E-state index contributed by atoms with van der Waals surface area (Å²) in [6.45, 7) is 9.55. The number of nitrogens with one attached hydrogen (secondary N) is 1. The van der Waals surface area contributed by atoms with Gasteiger partial charge in [0, 0.05) is 44.3 Å². The summed E-state index contributed by atoms with van der Waals surface area (Å²) in [5, 5.41) is 2.82. The molecule has 2 heterocycles. The molecule has 0 radical (unpaired) electrons. The highest BCUT2D eigenvalue weighted by Gasteiger charge is 2.35. The van der Waals surface area contributed by atoms with E-state index in [2.05, 4.69) is 17.1 Å². The number of anilines is 1. The molecule has 2 fully saturated rings. The summed E-state index contributed by atoms with van der Waals surface area (Å²) in [6, 6.07) is 5.86. The van der Waals surface area contributed by atoms with Crippen LogP contribution in [0, 0.1) is 5.92 Å². The number of benzene rings is 1. The number of sulfonamides is 1. The molecule has 1 N–H and O–H groups in total. The summed E-state index contributed by atoms with van der Waals surface area (Å²) in [6.07, 6.45) is 1.40. The fraction of sp³-hybridized carbons (Fsp3) is 0.619. The molecule has 1 aromatic rings. The highest BCUT2D eigenvalue weighted by atomic mass is 32.2. The monoisotopic (exact) mass is 436 g/mol. The molecule has 3 rings (SSSR count). The molecule has 1 unspecified atom stereocenters. The van der Waals surface area contributed by atoms with Gasteiger partial charge >= 0.3 is 0 Å². The lowest BCUT2D eigenvalue weighted by molar-refractivity contribution is -0.139. The van der Waals surface area contributed by atoms with E-state index in [9.17, 15) is 18.0 Å². The summed E-state index contributed by atoms with van der Waals surface area (Å²) < 4.78 is 27.6. The van der Waals surface area contributed by atoms with Crippen molar-refractivity contribution >= 4 is 27.5 Å². The molecule has 30 heavy (non-hydrogen) atoms. The average Bonchev–Trinajstić information content (AvgIpc) is 3.23. The molecule has 0 saturated carbocycles. The molecule has 2 amide bonds. The second kappa shape index (κ2) is 9.45. The summed E-state index contributed by atoms with van der Waals surface area (Å²) in [4.78, 5) is 29.2. The number of amides is 2. The van der Waals surface area contributed by atoms with Crippen molar-refractivity contribution in [2.45, 2.75) is 44.6 Å². The van der Waals surface area contributed by atoms with Crippen LogP contribution in [0.3, 0.4) is 0 Å². The fourth-order valence-corrected chi connectivity index (χ4v) is 5.50. The minimum absolute atomic E-state index is 0.0322. The largest absolute Gasteiger partial charge is 0.330 e. The molecule has 166 valence electrons. The van der Waals surface area contributed by atoms with Crippen LogP contribution in [-0.4, -0.2) is 79.6 Å². The average molecular weight is 437 g/mol. The van der Waals surface area contributed by atoms with E-state index in [1.54, 1.807) is 23.1 Å². The maximum Gasteiger partial charge on any atom is 0.247 e. The Hall–Kier alpha value is -1.97. The van der Waals surface area contributed by atoms with Crippen LogP contribution in [0.4, 0.5) is 5.69 Å². The lowest BCUT2D eigenvalue weighted by atomic mass is 10.1. The quantitative estimate of drug-likeness (QED) is 0.732. The lowest BCUT2D eigenvalue weighted by Crippen LogP contribution is -2.48. The van der Waals surface area contributed by atoms with Crippen LogP contribution in [0.2, 0.25) is 0 Å². The Kier molecular flexibility index (Phi) is 7.15. The Morgan fingerprint density at radius 1 is 1.13 bits per heavy atom. The van der Waals surface area contributed by atoms with Crippen molar-refractivity contribution in [3.8, 4) is 0 Å². The van der Waals surface area contributed by atoms with Gasteiger partial charge in [-0.1, -0.05) is 26.8 Å². The Bertz CT molecular complexity index is 879. The molecule has 0 aromatic heterocycles. The molecule has 2 aliphatic heterocycles. The molecule has 0 aliphatic carbocycles. The molecule has 1 atom stereocenters. The molecular weight excluding hydrogens is 404 g/mol. The predicted octanol–water partition coefficient (Wildman–Crippen LogP) is 1.60. The Balaban J connectivity index is 1.71. The topological polar surface area (TPSA) is 90.0 Å². The Morgan fingerprint density at radius 3 is 2.47 bits per heavy atom. The molecule has 8 nitrogen and oxygen atoms in total. The number of carbonyl (C=O) groups is 2. The van der Waals surface area contributed by atoms with Gasteiger partial charge in [0.2, 0.25) is 21.8 Å². The van der Waals surface area contributed by atoms with Gasteiger partial charge < -0.3 is 15.1 Å². The zero-order chi connectivity index (χ0) is 21.9. The number of likely N-dealkylation sites (N-methyl/N-ethyl adjacent to an activating group) is 1. The minimum atomic E-state index is -3.62. The second-order valence-electron chi connectivity index (χ2n) is 8.20. The standard InChI is InChI=1S/C21H32N4O4S/c1-4-23-11-13-24(14-12-23)30(28,29)18-8-5-7-17(15-18)22-20(26)19-9-6-10-25(19)21(27)16(2)3/h5,7-8,15-16,19H,4,6,9-14H2,1-3H3,(H,22,26). The van der Waals surface area contributed by atoms with Crippen LogP contribution in [0.25, 0.3) is 0 Å². The van der Waals surface area contributed by atoms with Crippen LogP contribution in [0.15, 0.2) is 29.2 Å². The summed E-state index contributed by atoms with van der Waals surface area (Å²) in [5.41, 5.74) is 0.428. The highest BCUT2D eigenvalue weighted by molar-refractivity contribution is 7.89. The molecule has 0 spiro atoms. The van der Waals surface area contributed by atoms with Gasteiger partial charge in [-0.25, -0.2) is 8.42 Å². The first-order valence-corrected chi connectivity index (χ1v) is 12.1. The van der Waals surface area contributed by atoms with Crippen LogP contribution >= 0.6 is 0 Å². The maximum atomic E-state index is 13.0. The van der Waals surface area contributed by atoms with E-state index in [0.29, 0.717) is 44.8 Å². The van der Waals surface area contributed by atoms with Crippen molar-refractivity contribution in [1.29, 1.82) is 0 Å². The second-order valence-corrected chi connectivity index (χ2v) is 10.1. The van der Waals surface area contributed by atoms with Gasteiger partial charge in [0.25, 0.3) is 0 Å². The molecular formula is C21H32N4O4S. The van der Waals surface area contributed by atoms with Crippen LogP contribution in [0.5, 0.6) is 0 Å². The van der Waals surface area contributed by atoms with E-state index in [0.717, 1.165) is 13.0 Å². The molecule has 2 saturated heterocycles. The van der Waals surface area contributed by atoms with Gasteiger partial charge in [0.05, 0.1) is 4.90 Å². The minimum Gasteiger partial charge on any atom is -0.330 e. The Morgan fingerprint density at radius 2 is 1.83 bits per heavy atom. The first-order valence-electron chi connectivity index (χ1n) is 10.7. The van der Waals surface area contributed by atoms with Gasteiger partial charge in [0.1, 0.15) is 6.04 Å². The Labute approximate surface area is 179 Å². The van der Waals surface area contributed by atoms with Crippen molar-refractivity contribution in [2.75, 3.05) is 44.6 Å². The number of carbonyl (C=O) groups excluding carboxylic acids is 2. The van der Waals surface area contributed by atoms with Crippen molar-refractivity contribution in [3.63, 3.8) is 0 Å². The van der Waals surface area contributed by atoms with Gasteiger partial charge in [-0.3, -0.25) is 9.59 Å². The zero-order valence-electron chi connectivity index (χ0n) is 18.0. The third kappa shape index (κ3) is 4.84. The predicted molar refractivity (Wildman–Crippen MR) is 116 cm³/mol. The normalized spacial score (nSPS) is 21.2. The van der Waals surface area contributed by atoms with Crippen LogP contribution < -0.4 is 5.32 Å². The number of hydrogen-bond donors (Lipinski definition) is 1. The number of piperazine rings is 1. The molecule has 0 bridgehead atoms. The van der Waals surface area contributed by atoms with E-state index >= 15 is 0 Å². The van der Waals surface area contributed by atoms with Crippen molar-refractivity contribution in [2.24, 2.45) is 5.92 Å². The summed E-state index contributed by atoms with van der Waals surface area (Å²) in [7, 11) is -3.62. The molecule has 1 aromatic carbocycles. The van der Waals surface area contributed by atoms with Gasteiger partial charge in [-0.2, -0.15) is 4.31 Å². The van der Waals surface area contributed by atoms with Gasteiger partial charge in [0.15, 0.2) is 0 Å². The summed E-state index contributed by atoms with van der Waals surface area (Å²) >= 11 is 0. The van der Waals surface area contributed by atoms with E-state index in [1.165, 1.54) is 10.4 Å². The SMILES string of the molecule is CCN1CCN(S(=O)(=O)c2cccc(NC(=O)C3CCCN3C(=O)C(C)C)c2)CC1. The first kappa shape index (κ1) is 22.7. The lowest BCUT2D eigenvalue weighted by Gasteiger charge is -2.33. The van der Waals surface area contributed by atoms with Gasteiger partial charge in [-0.15, -0.1) is 0 Å². The van der Waals surface area contributed by atoms with Crippen molar-refractivity contribution < 1.29 is 18.0 Å². The van der Waals surface area contributed by atoms with Crippen molar-refractivity contribution in [1.82, 2.24) is 14.1 Å². The van der Waals surface area contributed by atoms with E-state index in [4.69, 9.17) is 0 Å². The zero-order valence-corrected chi connectivity index (χ0v) is 18.8. The van der Waals surface area contributed by atoms with Gasteiger partial charge in [-0.05, 0) is 37.6 Å². The van der Waals surface area contributed by atoms with E-state index in [1.807, 2.05) is 13.8 Å². The van der Waals surface area contributed by atoms with Crippen LogP contribution in [-0.2, 0) is 19.6 Å². The fourth-order valence-electron chi connectivity index (χ4n) is 4.03. The van der Waals surface area contributed by atoms with E-state index < -0.39 is 16.1 Å². The number of hydrogen-bond acceptors (Lipinski definition) is 5.